The van der Waals surface area contributed by atoms with Crippen molar-refractivity contribution in [2.24, 2.45) is 0 Å². The van der Waals surface area contributed by atoms with Gasteiger partial charge in [-0.25, -0.2) is 4.98 Å². The molecule has 2 aromatic heterocycles. The van der Waals surface area contributed by atoms with E-state index in [9.17, 15) is 9.59 Å². The molecular weight excluding hydrogens is 392 g/mol. The molecule has 0 spiro atoms. The Bertz CT molecular complexity index is 1020. The molecule has 3 aromatic rings. The Labute approximate surface area is 170 Å². The lowest BCUT2D eigenvalue weighted by Crippen LogP contribution is -2.17. The van der Waals surface area contributed by atoms with Gasteiger partial charge in [-0.2, -0.15) is 5.26 Å². The SMILES string of the molecule is CC(=O)NCc1ccc(-c2csc(NC(=O)CCc3ccc(C#N)cc3)n2)s1. The molecule has 0 saturated heterocycles. The van der Waals surface area contributed by atoms with Gasteiger partial charge in [0, 0.05) is 23.6 Å². The molecule has 3 rings (SSSR count). The maximum Gasteiger partial charge on any atom is 0.226 e. The Morgan fingerprint density at radius 1 is 1.18 bits per heavy atom. The molecule has 0 bridgehead atoms. The monoisotopic (exact) mass is 410 g/mol. The topological polar surface area (TPSA) is 94.9 Å². The van der Waals surface area contributed by atoms with Crippen molar-refractivity contribution in [3.63, 3.8) is 0 Å². The smallest absolute Gasteiger partial charge is 0.226 e. The highest BCUT2D eigenvalue weighted by molar-refractivity contribution is 7.17. The molecule has 2 heterocycles. The van der Waals surface area contributed by atoms with E-state index in [1.165, 1.54) is 18.3 Å². The zero-order chi connectivity index (χ0) is 19.9. The van der Waals surface area contributed by atoms with Gasteiger partial charge in [-0.05, 0) is 36.2 Å². The van der Waals surface area contributed by atoms with Gasteiger partial charge in [0.15, 0.2) is 5.13 Å². The number of nitriles is 1. The van der Waals surface area contributed by atoms with Crippen LogP contribution in [0.1, 0.15) is 29.3 Å². The van der Waals surface area contributed by atoms with Gasteiger partial charge in [-0.3, -0.25) is 9.59 Å². The summed E-state index contributed by atoms with van der Waals surface area (Å²) >= 11 is 2.95. The van der Waals surface area contributed by atoms with E-state index in [1.807, 2.05) is 29.6 Å². The van der Waals surface area contributed by atoms with Crippen LogP contribution in [-0.4, -0.2) is 16.8 Å². The summed E-state index contributed by atoms with van der Waals surface area (Å²) in [5.74, 6) is -0.155. The van der Waals surface area contributed by atoms with Gasteiger partial charge >= 0.3 is 0 Å². The highest BCUT2D eigenvalue weighted by Crippen LogP contribution is 2.30. The number of aromatic nitrogens is 1. The van der Waals surface area contributed by atoms with Crippen molar-refractivity contribution in [2.45, 2.75) is 26.3 Å². The van der Waals surface area contributed by atoms with Crippen LogP contribution in [0, 0.1) is 11.3 Å². The second-order valence-corrected chi connectivity index (χ2v) is 8.10. The van der Waals surface area contributed by atoms with E-state index in [0.717, 1.165) is 21.0 Å². The van der Waals surface area contributed by atoms with E-state index in [2.05, 4.69) is 21.7 Å². The van der Waals surface area contributed by atoms with Crippen molar-refractivity contribution in [1.29, 1.82) is 5.26 Å². The Morgan fingerprint density at radius 3 is 2.68 bits per heavy atom. The zero-order valence-electron chi connectivity index (χ0n) is 15.2. The second kappa shape index (κ2) is 9.26. The number of benzene rings is 1. The molecule has 0 radical (unpaired) electrons. The Kier molecular flexibility index (Phi) is 6.53. The van der Waals surface area contributed by atoms with Crippen molar-refractivity contribution in [3.05, 3.63) is 57.8 Å². The van der Waals surface area contributed by atoms with Crippen LogP contribution in [0.3, 0.4) is 0 Å². The number of hydrogen-bond acceptors (Lipinski definition) is 6. The van der Waals surface area contributed by atoms with Crippen LogP contribution in [0.2, 0.25) is 0 Å². The number of nitrogens with zero attached hydrogens (tertiary/aromatic N) is 2. The quantitative estimate of drug-likeness (QED) is 0.616. The first-order chi connectivity index (χ1) is 13.5. The van der Waals surface area contributed by atoms with Crippen LogP contribution >= 0.6 is 22.7 Å². The number of anilines is 1. The highest BCUT2D eigenvalue weighted by Gasteiger charge is 2.10. The summed E-state index contributed by atoms with van der Waals surface area (Å²) in [6.07, 6.45) is 0.952. The number of nitrogens with one attached hydrogen (secondary N) is 2. The molecule has 6 nitrogen and oxygen atoms in total. The van der Waals surface area contributed by atoms with Gasteiger partial charge in [0.2, 0.25) is 11.8 Å². The summed E-state index contributed by atoms with van der Waals surface area (Å²) in [6, 6.07) is 13.2. The lowest BCUT2D eigenvalue weighted by Gasteiger charge is -2.02. The van der Waals surface area contributed by atoms with Gasteiger partial charge in [0.1, 0.15) is 0 Å². The predicted octanol–water partition coefficient (Wildman–Crippen LogP) is 3.95. The van der Waals surface area contributed by atoms with Crippen LogP contribution < -0.4 is 10.6 Å². The first-order valence-corrected chi connectivity index (χ1v) is 10.3. The van der Waals surface area contributed by atoms with Crippen molar-refractivity contribution in [3.8, 4) is 16.6 Å². The van der Waals surface area contributed by atoms with Crippen molar-refractivity contribution >= 4 is 39.6 Å². The largest absolute Gasteiger partial charge is 0.351 e. The average molecular weight is 411 g/mol. The molecule has 0 aliphatic carbocycles. The number of aryl methyl sites for hydroxylation is 1. The molecular formula is C20H18N4O2S2. The van der Waals surface area contributed by atoms with Gasteiger partial charge in [-0.15, -0.1) is 22.7 Å². The molecule has 1 aromatic carbocycles. The molecule has 0 aliphatic heterocycles. The molecule has 28 heavy (non-hydrogen) atoms. The summed E-state index contributed by atoms with van der Waals surface area (Å²) in [5, 5.41) is 16.9. The molecule has 0 atom stereocenters. The van der Waals surface area contributed by atoms with Crippen LogP contribution in [0.5, 0.6) is 0 Å². The number of carbonyl (C=O) groups excluding carboxylic acids is 2. The van der Waals surface area contributed by atoms with Gasteiger partial charge < -0.3 is 10.6 Å². The summed E-state index contributed by atoms with van der Waals surface area (Å²) < 4.78 is 0. The Morgan fingerprint density at radius 2 is 1.96 bits per heavy atom. The van der Waals surface area contributed by atoms with Crippen molar-refractivity contribution < 1.29 is 9.59 Å². The van der Waals surface area contributed by atoms with E-state index in [-0.39, 0.29) is 11.8 Å². The fraction of sp³-hybridized carbons (Fsp3) is 0.200. The molecule has 0 unspecified atom stereocenters. The average Bonchev–Trinajstić information content (AvgIpc) is 3.34. The zero-order valence-corrected chi connectivity index (χ0v) is 16.8. The second-order valence-electron chi connectivity index (χ2n) is 6.07. The van der Waals surface area contributed by atoms with Crippen molar-refractivity contribution in [2.75, 3.05) is 5.32 Å². The number of thiazole rings is 1. The number of rotatable bonds is 7. The number of amides is 2. The maximum absolute atomic E-state index is 12.2. The minimum Gasteiger partial charge on any atom is -0.351 e. The minimum absolute atomic E-state index is 0.0605. The molecule has 0 saturated carbocycles. The summed E-state index contributed by atoms with van der Waals surface area (Å²) in [7, 11) is 0. The fourth-order valence-electron chi connectivity index (χ4n) is 2.45. The molecule has 2 amide bonds. The molecule has 0 fully saturated rings. The Hall–Kier alpha value is -3.02. The lowest BCUT2D eigenvalue weighted by molar-refractivity contribution is -0.119. The summed E-state index contributed by atoms with van der Waals surface area (Å²) in [4.78, 5) is 29.7. The first kappa shape index (κ1) is 19.7. The van der Waals surface area contributed by atoms with Crippen molar-refractivity contribution in [1.82, 2.24) is 10.3 Å². The maximum atomic E-state index is 12.2. The van der Waals surface area contributed by atoms with E-state index < -0.39 is 0 Å². The molecule has 8 heteroatoms. The third kappa shape index (κ3) is 5.49. The van der Waals surface area contributed by atoms with E-state index in [4.69, 9.17) is 5.26 Å². The van der Waals surface area contributed by atoms with Crippen LogP contribution in [0.25, 0.3) is 10.6 Å². The first-order valence-electron chi connectivity index (χ1n) is 8.61. The normalized spacial score (nSPS) is 10.3. The standard InChI is InChI=1S/C20H18N4O2S2/c1-13(25)22-11-16-7-8-18(28-16)17-12-27-20(23-17)24-19(26)9-6-14-2-4-15(10-21)5-3-14/h2-5,7-8,12H,6,9,11H2,1H3,(H,22,25)(H,23,24,26). The van der Waals surface area contributed by atoms with Gasteiger partial charge in [-0.1, -0.05) is 12.1 Å². The number of carbonyl (C=O) groups is 2. The highest BCUT2D eigenvalue weighted by atomic mass is 32.1. The van der Waals surface area contributed by atoms with E-state index in [1.54, 1.807) is 23.5 Å². The molecule has 2 N–H and O–H groups in total. The van der Waals surface area contributed by atoms with Gasteiger partial charge in [0.05, 0.1) is 28.7 Å². The van der Waals surface area contributed by atoms with E-state index in [0.29, 0.717) is 30.1 Å². The van der Waals surface area contributed by atoms with Crippen LogP contribution in [0.15, 0.2) is 41.8 Å². The van der Waals surface area contributed by atoms with Gasteiger partial charge in [0.25, 0.3) is 0 Å². The third-order valence-corrected chi connectivity index (χ3v) is 5.77. The van der Waals surface area contributed by atoms with Crippen LogP contribution in [-0.2, 0) is 22.6 Å². The summed E-state index contributed by atoms with van der Waals surface area (Å²) in [6.45, 7) is 1.99. The predicted molar refractivity (Wildman–Crippen MR) is 111 cm³/mol. The minimum atomic E-state index is -0.0946. The molecule has 142 valence electrons. The Balaban J connectivity index is 1.53. The third-order valence-electron chi connectivity index (χ3n) is 3.90. The number of hydrogen-bond donors (Lipinski definition) is 2. The summed E-state index contributed by atoms with van der Waals surface area (Å²) in [5.41, 5.74) is 2.43. The van der Waals surface area contributed by atoms with E-state index >= 15 is 0 Å². The van der Waals surface area contributed by atoms with Crippen LogP contribution in [0.4, 0.5) is 5.13 Å². The lowest BCUT2D eigenvalue weighted by atomic mass is 10.1. The molecule has 0 aliphatic rings. The number of thiophene rings is 1. The fourth-order valence-corrected chi connectivity index (χ4v) is 4.16.